The molecule has 0 radical (unpaired) electrons. The van der Waals surface area contributed by atoms with Gasteiger partial charge in [-0.15, -0.1) is 0 Å². The normalized spacial score (nSPS) is 12.4. The Bertz CT molecular complexity index is 1750. The van der Waals surface area contributed by atoms with Gasteiger partial charge in [0.05, 0.1) is 0 Å². The minimum atomic E-state index is 1.34. The molecule has 0 heteroatoms. The number of fused-ring (bicyclic) bond motifs is 8. The summed E-state index contributed by atoms with van der Waals surface area (Å²) in [6, 6.07) is 29.8. The highest BCUT2D eigenvalue weighted by Crippen LogP contribution is 2.50. The molecule has 6 aromatic carbocycles. The van der Waals surface area contributed by atoms with E-state index >= 15 is 0 Å². The van der Waals surface area contributed by atoms with Gasteiger partial charge in [-0.05, 0) is 115 Å². The zero-order valence-electron chi connectivity index (χ0n) is 18.0. The van der Waals surface area contributed by atoms with Crippen LogP contribution in [0.1, 0.15) is 16.7 Å². The monoisotopic (exact) mass is 394 g/mol. The van der Waals surface area contributed by atoms with E-state index in [9.17, 15) is 0 Å². The van der Waals surface area contributed by atoms with Crippen LogP contribution in [-0.2, 0) is 0 Å². The molecule has 1 aliphatic carbocycles. The Labute approximate surface area is 181 Å². The number of rotatable bonds is 0. The summed E-state index contributed by atoms with van der Waals surface area (Å²) in [5.41, 5.74) is 9.53. The van der Waals surface area contributed by atoms with Crippen molar-refractivity contribution in [1.29, 1.82) is 0 Å². The fourth-order valence-corrected chi connectivity index (χ4v) is 5.85. The lowest BCUT2D eigenvalue weighted by atomic mass is 9.89. The van der Waals surface area contributed by atoms with Gasteiger partial charge in [0.25, 0.3) is 0 Å². The van der Waals surface area contributed by atoms with Gasteiger partial charge in [0.1, 0.15) is 0 Å². The zero-order valence-corrected chi connectivity index (χ0v) is 18.0. The number of hydrogen-bond acceptors (Lipinski definition) is 0. The Morgan fingerprint density at radius 3 is 1.74 bits per heavy atom. The topological polar surface area (TPSA) is 0 Å². The molecule has 0 heterocycles. The van der Waals surface area contributed by atoms with E-state index in [1.54, 1.807) is 0 Å². The maximum Gasteiger partial charge on any atom is -0.00237 e. The summed E-state index contributed by atoms with van der Waals surface area (Å²) in [7, 11) is 0. The van der Waals surface area contributed by atoms with Crippen molar-refractivity contribution < 1.29 is 0 Å². The molecule has 146 valence electrons. The fourth-order valence-electron chi connectivity index (χ4n) is 5.85. The second-order valence-electron chi connectivity index (χ2n) is 9.13. The lowest BCUT2D eigenvalue weighted by Crippen LogP contribution is -1.88. The van der Waals surface area contributed by atoms with Gasteiger partial charge < -0.3 is 0 Å². The van der Waals surface area contributed by atoms with Crippen LogP contribution in [0.5, 0.6) is 0 Å². The summed E-state index contributed by atoms with van der Waals surface area (Å²) in [6.07, 6.45) is 0. The van der Waals surface area contributed by atoms with E-state index in [0.29, 0.717) is 0 Å². The first-order valence-electron chi connectivity index (χ1n) is 11.0. The molecule has 0 nitrogen and oxygen atoms in total. The summed E-state index contributed by atoms with van der Waals surface area (Å²) >= 11 is 0. The highest BCUT2D eigenvalue weighted by atomic mass is 14.3. The van der Waals surface area contributed by atoms with Crippen LogP contribution < -0.4 is 0 Å². The van der Waals surface area contributed by atoms with Gasteiger partial charge in [-0.25, -0.2) is 0 Å². The predicted molar refractivity (Wildman–Crippen MR) is 135 cm³/mol. The van der Waals surface area contributed by atoms with Gasteiger partial charge in [-0.3, -0.25) is 0 Å². The van der Waals surface area contributed by atoms with E-state index in [-0.39, 0.29) is 0 Å². The Morgan fingerprint density at radius 2 is 0.935 bits per heavy atom. The van der Waals surface area contributed by atoms with Crippen molar-refractivity contribution >= 4 is 43.1 Å². The maximum absolute atomic E-state index is 2.46. The minimum Gasteiger partial charge on any atom is -0.0616 e. The van der Waals surface area contributed by atoms with E-state index in [1.807, 2.05) is 0 Å². The molecule has 6 aromatic rings. The molecule has 0 fully saturated rings. The van der Waals surface area contributed by atoms with Crippen LogP contribution in [0.2, 0.25) is 0 Å². The molecule has 0 N–H and O–H groups in total. The minimum absolute atomic E-state index is 1.34. The van der Waals surface area contributed by atoms with E-state index in [1.165, 1.54) is 82.0 Å². The average Bonchev–Trinajstić information content (AvgIpc) is 3.11. The van der Waals surface area contributed by atoms with E-state index in [0.717, 1.165) is 0 Å². The summed E-state index contributed by atoms with van der Waals surface area (Å²) in [5.74, 6) is 0. The zero-order chi connectivity index (χ0) is 20.9. The van der Waals surface area contributed by atoms with Gasteiger partial charge in [-0.2, -0.15) is 0 Å². The summed E-state index contributed by atoms with van der Waals surface area (Å²) in [6.45, 7) is 6.71. The smallest absolute Gasteiger partial charge is 0.00237 e. The quantitative estimate of drug-likeness (QED) is 0.225. The van der Waals surface area contributed by atoms with Crippen molar-refractivity contribution in [1.82, 2.24) is 0 Å². The van der Waals surface area contributed by atoms with Gasteiger partial charge in [0.2, 0.25) is 0 Å². The fraction of sp³-hybridized carbons (Fsp3) is 0.0968. The van der Waals surface area contributed by atoms with Crippen LogP contribution in [0.3, 0.4) is 0 Å². The van der Waals surface area contributed by atoms with Crippen LogP contribution in [0.15, 0.2) is 78.9 Å². The SMILES string of the molecule is Cc1ccc2c3c(cccc13)-c1cc3c(cc1-2)c(C)cc1c2ccccc2c(C)cc31. The third-order valence-electron chi connectivity index (χ3n) is 7.37. The first kappa shape index (κ1) is 17.1. The number of benzene rings is 6. The Kier molecular flexibility index (Phi) is 3.16. The standard InChI is InChI=1S/C31H22/c1-17-11-12-24-28-15-25-19(3)14-26-22-8-5-4-7-20(22)18(2)13-27(26)30(25)16-29(28)23-10-6-9-21(17)31(23)24/h4-16H,1-3H3. The van der Waals surface area contributed by atoms with Crippen molar-refractivity contribution in [3.8, 4) is 22.3 Å². The van der Waals surface area contributed by atoms with Crippen molar-refractivity contribution in [2.24, 2.45) is 0 Å². The maximum atomic E-state index is 2.46. The van der Waals surface area contributed by atoms with Gasteiger partial charge in [0, 0.05) is 0 Å². The summed E-state index contributed by atoms with van der Waals surface area (Å²) in [5, 5.41) is 10.9. The van der Waals surface area contributed by atoms with Gasteiger partial charge in [-0.1, -0.05) is 66.7 Å². The molecular weight excluding hydrogens is 372 g/mol. The highest BCUT2D eigenvalue weighted by molar-refractivity contribution is 6.23. The molecule has 0 aromatic heterocycles. The van der Waals surface area contributed by atoms with Crippen molar-refractivity contribution in [3.63, 3.8) is 0 Å². The second kappa shape index (κ2) is 5.74. The molecular formula is C31H22. The molecule has 0 bridgehead atoms. The second-order valence-corrected chi connectivity index (χ2v) is 9.13. The first-order valence-corrected chi connectivity index (χ1v) is 11.0. The number of aryl methyl sites for hydroxylation is 3. The van der Waals surface area contributed by atoms with E-state index < -0.39 is 0 Å². The Balaban J connectivity index is 1.68. The van der Waals surface area contributed by atoms with E-state index in [4.69, 9.17) is 0 Å². The molecule has 31 heavy (non-hydrogen) atoms. The van der Waals surface area contributed by atoms with Gasteiger partial charge in [0.15, 0.2) is 0 Å². The van der Waals surface area contributed by atoms with Crippen LogP contribution in [-0.4, -0.2) is 0 Å². The molecule has 7 rings (SSSR count). The molecule has 0 unspecified atom stereocenters. The van der Waals surface area contributed by atoms with Crippen molar-refractivity contribution in [2.75, 3.05) is 0 Å². The van der Waals surface area contributed by atoms with Crippen LogP contribution in [0.25, 0.3) is 65.3 Å². The van der Waals surface area contributed by atoms with Crippen LogP contribution in [0.4, 0.5) is 0 Å². The predicted octanol–water partition coefficient (Wildman–Crippen LogP) is 8.87. The lowest BCUT2D eigenvalue weighted by molar-refractivity contribution is 1.53. The third kappa shape index (κ3) is 2.10. The van der Waals surface area contributed by atoms with Gasteiger partial charge >= 0.3 is 0 Å². The van der Waals surface area contributed by atoms with Crippen LogP contribution in [0, 0.1) is 20.8 Å². The first-order chi connectivity index (χ1) is 15.1. The molecule has 0 aliphatic heterocycles. The molecule has 0 amide bonds. The summed E-state index contributed by atoms with van der Waals surface area (Å²) < 4.78 is 0. The molecule has 0 saturated heterocycles. The average molecular weight is 395 g/mol. The molecule has 0 saturated carbocycles. The molecule has 0 atom stereocenters. The lowest BCUT2D eigenvalue weighted by Gasteiger charge is -2.14. The highest BCUT2D eigenvalue weighted by Gasteiger charge is 2.23. The Hall–Kier alpha value is -3.64. The van der Waals surface area contributed by atoms with E-state index in [2.05, 4.69) is 99.6 Å². The largest absolute Gasteiger partial charge is 0.0616 e. The third-order valence-corrected chi connectivity index (χ3v) is 7.37. The Morgan fingerprint density at radius 1 is 0.355 bits per heavy atom. The summed E-state index contributed by atoms with van der Waals surface area (Å²) in [4.78, 5) is 0. The van der Waals surface area contributed by atoms with Crippen LogP contribution >= 0.6 is 0 Å². The number of hydrogen-bond donors (Lipinski definition) is 0. The van der Waals surface area contributed by atoms with Crippen molar-refractivity contribution in [3.05, 3.63) is 95.6 Å². The molecule has 1 aliphatic rings. The molecule has 0 spiro atoms. The van der Waals surface area contributed by atoms with Crippen molar-refractivity contribution in [2.45, 2.75) is 20.8 Å².